The zero-order chi connectivity index (χ0) is 7.14. The minimum Gasteiger partial charge on any atom is -0.427 e. The van der Waals surface area contributed by atoms with Gasteiger partial charge in [-0.1, -0.05) is 0 Å². The molecule has 1 unspecified atom stereocenters. The average molecular weight is 144 g/mol. The number of hydrogen-bond acceptors (Lipinski definition) is 4. The summed E-state index contributed by atoms with van der Waals surface area (Å²) in [4.78, 5) is 10.4. The Labute approximate surface area is 57.7 Å². The van der Waals surface area contributed by atoms with E-state index in [2.05, 4.69) is 0 Å². The van der Waals surface area contributed by atoms with E-state index in [0.717, 1.165) is 0 Å². The van der Waals surface area contributed by atoms with Crippen LogP contribution < -0.4 is 0 Å². The molecular formula is C6H8O4. The van der Waals surface area contributed by atoms with Gasteiger partial charge in [0.2, 0.25) is 0 Å². The SMILES string of the molecule is O=C1O[C@H]2CC(O)C[C@H]2O1. The maximum absolute atomic E-state index is 10.4. The highest BCUT2D eigenvalue weighted by atomic mass is 16.8. The van der Waals surface area contributed by atoms with Crippen LogP contribution in [0.25, 0.3) is 0 Å². The molecule has 2 fully saturated rings. The Morgan fingerprint density at radius 3 is 2.30 bits per heavy atom. The highest BCUT2D eigenvalue weighted by Gasteiger charge is 2.44. The van der Waals surface area contributed by atoms with Crippen molar-refractivity contribution in [1.82, 2.24) is 0 Å². The third kappa shape index (κ3) is 0.759. The molecule has 0 bridgehead atoms. The van der Waals surface area contributed by atoms with Crippen LogP contribution in [-0.2, 0) is 9.47 Å². The van der Waals surface area contributed by atoms with Gasteiger partial charge < -0.3 is 14.6 Å². The van der Waals surface area contributed by atoms with E-state index in [1.807, 2.05) is 0 Å². The molecule has 0 aromatic carbocycles. The van der Waals surface area contributed by atoms with Gasteiger partial charge in [0.15, 0.2) is 0 Å². The molecule has 1 saturated carbocycles. The summed E-state index contributed by atoms with van der Waals surface area (Å²) in [6.07, 6.45) is -0.290. The lowest BCUT2D eigenvalue weighted by Gasteiger charge is -1.99. The van der Waals surface area contributed by atoms with Crippen molar-refractivity contribution in [2.75, 3.05) is 0 Å². The van der Waals surface area contributed by atoms with Crippen molar-refractivity contribution in [2.45, 2.75) is 31.2 Å². The summed E-state index contributed by atoms with van der Waals surface area (Å²) < 4.78 is 9.47. The summed E-state index contributed by atoms with van der Waals surface area (Å²) in [7, 11) is 0. The van der Waals surface area contributed by atoms with Gasteiger partial charge >= 0.3 is 6.16 Å². The smallest absolute Gasteiger partial charge is 0.427 e. The van der Waals surface area contributed by atoms with Crippen molar-refractivity contribution in [2.24, 2.45) is 0 Å². The van der Waals surface area contributed by atoms with Crippen LogP contribution in [0.3, 0.4) is 0 Å². The average Bonchev–Trinajstić information content (AvgIpc) is 2.21. The maximum Gasteiger partial charge on any atom is 0.509 e. The van der Waals surface area contributed by atoms with Gasteiger partial charge in [0.1, 0.15) is 12.2 Å². The lowest BCUT2D eigenvalue weighted by atomic mass is 10.3. The molecule has 1 aliphatic carbocycles. The minimum atomic E-state index is -0.595. The molecule has 0 amide bonds. The zero-order valence-corrected chi connectivity index (χ0v) is 5.32. The second-order valence-corrected chi connectivity index (χ2v) is 2.69. The fourth-order valence-corrected chi connectivity index (χ4v) is 1.46. The predicted molar refractivity (Wildman–Crippen MR) is 30.4 cm³/mol. The van der Waals surface area contributed by atoms with E-state index in [4.69, 9.17) is 14.6 Å². The quantitative estimate of drug-likeness (QED) is 0.488. The number of fused-ring (bicyclic) bond motifs is 1. The van der Waals surface area contributed by atoms with Crippen LogP contribution in [0.1, 0.15) is 12.8 Å². The number of aliphatic hydroxyl groups excluding tert-OH is 1. The first kappa shape index (κ1) is 5.97. The molecule has 2 rings (SSSR count). The Bertz CT molecular complexity index is 151. The Balaban J connectivity index is 2.06. The molecule has 2 aliphatic rings. The molecule has 3 atom stereocenters. The van der Waals surface area contributed by atoms with Crippen molar-refractivity contribution >= 4 is 6.16 Å². The van der Waals surface area contributed by atoms with Crippen molar-refractivity contribution < 1.29 is 19.4 Å². The Morgan fingerprint density at radius 1 is 1.30 bits per heavy atom. The summed E-state index contributed by atoms with van der Waals surface area (Å²) in [6.45, 7) is 0. The number of carbonyl (C=O) groups is 1. The maximum atomic E-state index is 10.4. The third-order valence-electron chi connectivity index (χ3n) is 1.92. The van der Waals surface area contributed by atoms with Crippen LogP contribution in [0.4, 0.5) is 4.79 Å². The van der Waals surface area contributed by atoms with Crippen LogP contribution in [0.15, 0.2) is 0 Å². The monoisotopic (exact) mass is 144 g/mol. The number of rotatable bonds is 0. The summed E-state index contributed by atoms with van der Waals surface area (Å²) in [5.41, 5.74) is 0. The highest BCUT2D eigenvalue weighted by molar-refractivity contribution is 5.62. The van der Waals surface area contributed by atoms with Crippen molar-refractivity contribution in [3.8, 4) is 0 Å². The molecule has 4 nitrogen and oxygen atoms in total. The van der Waals surface area contributed by atoms with Crippen LogP contribution in [-0.4, -0.2) is 29.6 Å². The zero-order valence-electron chi connectivity index (χ0n) is 5.32. The number of aliphatic hydroxyl groups is 1. The van der Waals surface area contributed by atoms with Crippen LogP contribution in [0.5, 0.6) is 0 Å². The number of carbonyl (C=O) groups excluding carboxylic acids is 1. The van der Waals surface area contributed by atoms with Crippen LogP contribution in [0, 0.1) is 0 Å². The number of ether oxygens (including phenoxy) is 2. The van der Waals surface area contributed by atoms with E-state index in [1.54, 1.807) is 0 Å². The molecule has 1 heterocycles. The van der Waals surface area contributed by atoms with Crippen LogP contribution in [0.2, 0.25) is 0 Å². The number of hydrogen-bond donors (Lipinski definition) is 1. The first-order chi connectivity index (χ1) is 4.75. The summed E-state index contributed by atoms with van der Waals surface area (Å²) >= 11 is 0. The summed E-state index contributed by atoms with van der Waals surface area (Å²) in [6, 6.07) is 0. The Kier molecular flexibility index (Phi) is 1.11. The second kappa shape index (κ2) is 1.85. The van der Waals surface area contributed by atoms with E-state index in [0.29, 0.717) is 12.8 Å². The molecule has 0 aromatic heterocycles. The molecule has 0 spiro atoms. The van der Waals surface area contributed by atoms with Crippen molar-refractivity contribution in [3.63, 3.8) is 0 Å². The van der Waals surface area contributed by atoms with E-state index >= 15 is 0 Å². The Hall–Kier alpha value is -0.770. The molecule has 0 radical (unpaired) electrons. The molecule has 10 heavy (non-hydrogen) atoms. The molecule has 1 saturated heterocycles. The first-order valence-electron chi connectivity index (χ1n) is 3.31. The second-order valence-electron chi connectivity index (χ2n) is 2.69. The van der Waals surface area contributed by atoms with Crippen LogP contribution >= 0.6 is 0 Å². The van der Waals surface area contributed by atoms with E-state index < -0.39 is 6.16 Å². The van der Waals surface area contributed by atoms with E-state index in [-0.39, 0.29) is 18.3 Å². The van der Waals surface area contributed by atoms with Gasteiger partial charge in [0.05, 0.1) is 6.10 Å². The van der Waals surface area contributed by atoms with Gasteiger partial charge in [-0.3, -0.25) is 0 Å². The fourth-order valence-electron chi connectivity index (χ4n) is 1.46. The first-order valence-corrected chi connectivity index (χ1v) is 3.31. The lowest BCUT2D eigenvalue weighted by molar-refractivity contribution is 0.0836. The summed E-state index contributed by atoms with van der Waals surface area (Å²) in [5, 5.41) is 9.05. The molecule has 1 aliphatic heterocycles. The van der Waals surface area contributed by atoms with Crippen molar-refractivity contribution in [3.05, 3.63) is 0 Å². The molecular weight excluding hydrogens is 136 g/mol. The molecule has 4 heteroatoms. The highest BCUT2D eigenvalue weighted by Crippen LogP contribution is 2.30. The Morgan fingerprint density at radius 2 is 1.80 bits per heavy atom. The molecule has 56 valence electrons. The van der Waals surface area contributed by atoms with Gasteiger partial charge in [-0.25, -0.2) is 4.79 Å². The van der Waals surface area contributed by atoms with Gasteiger partial charge in [-0.15, -0.1) is 0 Å². The molecule has 0 aromatic rings. The fraction of sp³-hybridized carbons (Fsp3) is 0.833. The largest absolute Gasteiger partial charge is 0.509 e. The normalized spacial score (nSPS) is 44.5. The van der Waals surface area contributed by atoms with E-state index in [9.17, 15) is 4.79 Å². The third-order valence-corrected chi connectivity index (χ3v) is 1.92. The predicted octanol–water partition coefficient (Wildman–Crippen LogP) is 0.0451. The van der Waals surface area contributed by atoms with Gasteiger partial charge in [0, 0.05) is 12.8 Å². The lowest BCUT2D eigenvalue weighted by Crippen LogP contribution is -2.13. The van der Waals surface area contributed by atoms with E-state index in [1.165, 1.54) is 0 Å². The standard InChI is InChI=1S/C6H8O4/c7-3-1-4-5(2-3)10-6(8)9-4/h3-5,7H,1-2H2/t3?,4-,5+. The van der Waals surface area contributed by atoms with Crippen molar-refractivity contribution in [1.29, 1.82) is 0 Å². The van der Waals surface area contributed by atoms with Gasteiger partial charge in [-0.05, 0) is 0 Å². The summed E-state index contributed by atoms with van der Waals surface area (Å²) in [5.74, 6) is 0. The minimum absolute atomic E-state index is 0.192. The topological polar surface area (TPSA) is 55.8 Å². The van der Waals surface area contributed by atoms with Gasteiger partial charge in [0.25, 0.3) is 0 Å². The van der Waals surface area contributed by atoms with Gasteiger partial charge in [-0.2, -0.15) is 0 Å². The molecule has 1 N–H and O–H groups in total.